The molecule has 5 nitrogen and oxygen atoms in total. The van der Waals surface area contributed by atoms with Crippen molar-refractivity contribution in [1.82, 2.24) is 0 Å². The first kappa shape index (κ1) is 13.6. The zero-order chi connectivity index (χ0) is 11.0. The van der Waals surface area contributed by atoms with Crippen molar-refractivity contribution < 1.29 is 18.1 Å². The fourth-order valence-electron chi connectivity index (χ4n) is 0.760. The Labute approximate surface area is 84.6 Å². The van der Waals surface area contributed by atoms with Gasteiger partial charge in [-0.1, -0.05) is 6.92 Å². The van der Waals surface area contributed by atoms with E-state index in [1.165, 1.54) is 0 Å². The average molecular weight is 221 g/mol. The van der Waals surface area contributed by atoms with Crippen LogP contribution in [0.1, 0.15) is 27.2 Å². The van der Waals surface area contributed by atoms with E-state index in [1.54, 1.807) is 20.8 Å². The molecule has 1 unspecified atom stereocenters. The number of phosphoric ester groups is 1. The Morgan fingerprint density at radius 2 is 1.79 bits per heavy atom. The van der Waals surface area contributed by atoms with Crippen molar-refractivity contribution in [2.45, 2.75) is 33.3 Å². The van der Waals surface area contributed by atoms with Gasteiger partial charge in [0.1, 0.15) is 0 Å². The van der Waals surface area contributed by atoms with Gasteiger partial charge in [0.05, 0.1) is 19.3 Å². The fourth-order valence-corrected chi connectivity index (χ4v) is 2.10. The summed E-state index contributed by atoms with van der Waals surface area (Å²) in [6.07, 6.45) is -0.306. The Morgan fingerprint density at radius 1 is 1.29 bits per heavy atom. The molecule has 0 N–H and O–H groups in total. The number of nitrogens with zero attached hydrogens (tertiary/aromatic N) is 1. The predicted molar refractivity (Wildman–Crippen MR) is 51.6 cm³/mol. The van der Waals surface area contributed by atoms with Crippen LogP contribution in [0.15, 0.2) is 0 Å². The summed E-state index contributed by atoms with van der Waals surface area (Å²) < 4.78 is 26.4. The molecule has 0 heterocycles. The minimum Gasteiger partial charge on any atom is -0.287 e. The van der Waals surface area contributed by atoms with Crippen molar-refractivity contribution in [1.29, 1.82) is 5.26 Å². The Bertz CT molecular complexity index is 228. The minimum atomic E-state index is -3.53. The van der Waals surface area contributed by atoms with E-state index in [4.69, 9.17) is 18.8 Å². The maximum atomic E-state index is 11.7. The van der Waals surface area contributed by atoms with E-state index in [9.17, 15) is 4.57 Å². The molecule has 14 heavy (non-hydrogen) atoms. The van der Waals surface area contributed by atoms with E-state index in [0.29, 0.717) is 6.42 Å². The smallest absolute Gasteiger partial charge is 0.287 e. The van der Waals surface area contributed by atoms with E-state index in [0.717, 1.165) is 0 Å². The van der Waals surface area contributed by atoms with Crippen LogP contribution in [-0.4, -0.2) is 19.3 Å². The third-order valence-electron chi connectivity index (χ3n) is 1.35. The van der Waals surface area contributed by atoms with Crippen molar-refractivity contribution >= 4 is 7.82 Å². The molecule has 0 amide bonds. The average Bonchev–Trinajstić information content (AvgIpc) is 2.15. The Morgan fingerprint density at radius 3 is 2.07 bits per heavy atom. The lowest BCUT2D eigenvalue weighted by Crippen LogP contribution is -2.10. The molecule has 0 aromatic carbocycles. The molecule has 0 aliphatic heterocycles. The third-order valence-corrected chi connectivity index (χ3v) is 3.01. The molecule has 0 bridgehead atoms. The highest BCUT2D eigenvalue weighted by Gasteiger charge is 2.29. The first-order valence-corrected chi connectivity index (χ1v) is 6.05. The van der Waals surface area contributed by atoms with Gasteiger partial charge in [0.25, 0.3) is 0 Å². The first-order chi connectivity index (χ1) is 6.61. The van der Waals surface area contributed by atoms with E-state index in [1.807, 2.05) is 6.07 Å². The van der Waals surface area contributed by atoms with Crippen LogP contribution < -0.4 is 0 Å². The molecule has 0 spiro atoms. The van der Waals surface area contributed by atoms with Crippen LogP contribution in [-0.2, 0) is 18.1 Å². The van der Waals surface area contributed by atoms with Crippen molar-refractivity contribution in [2.24, 2.45) is 0 Å². The van der Waals surface area contributed by atoms with Crippen LogP contribution in [0, 0.1) is 11.3 Å². The number of hydrogen-bond acceptors (Lipinski definition) is 5. The number of hydrogen-bond donors (Lipinski definition) is 0. The van der Waals surface area contributed by atoms with Gasteiger partial charge >= 0.3 is 7.82 Å². The summed E-state index contributed by atoms with van der Waals surface area (Å²) >= 11 is 0. The molecule has 0 rings (SSSR count). The quantitative estimate of drug-likeness (QED) is 0.617. The summed E-state index contributed by atoms with van der Waals surface area (Å²) in [6.45, 7) is 5.57. The minimum absolute atomic E-state index is 0.221. The molecule has 82 valence electrons. The highest BCUT2D eigenvalue weighted by Crippen LogP contribution is 2.50. The van der Waals surface area contributed by atoms with E-state index >= 15 is 0 Å². The van der Waals surface area contributed by atoms with Crippen LogP contribution in [0.5, 0.6) is 0 Å². The normalized spacial score (nSPS) is 13.6. The zero-order valence-electron chi connectivity index (χ0n) is 8.73. The molecule has 0 radical (unpaired) electrons. The monoisotopic (exact) mass is 221 g/mol. The molecule has 0 aromatic heterocycles. The molecule has 0 fully saturated rings. The summed E-state index contributed by atoms with van der Waals surface area (Å²) in [6, 6.07) is 1.87. The Kier molecular flexibility index (Phi) is 6.77. The number of rotatable bonds is 7. The third kappa shape index (κ3) is 4.73. The summed E-state index contributed by atoms with van der Waals surface area (Å²) in [4.78, 5) is 0. The van der Waals surface area contributed by atoms with Gasteiger partial charge in [-0.3, -0.25) is 13.6 Å². The summed E-state index contributed by atoms with van der Waals surface area (Å²) in [7, 11) is -3.53. The molecule has 0 saturated carbocycles. The van der Waals surface area contributed by atoms with Gasteiger partial charge in [0.15, 0.2) is 6.10 Å². The lowest BCUT2D eigenvalue weighted by molar-refractivity contribution is 0.102. The van der Waals surface area contributed by atoms with E-state index < -0.39 is 13.9 Å². The second-order valence-electron chi connectivity index (χ2n) is 2.41. The van der Waals surface area contributed by atoms with Crippen molar-refractivity contribution in [3.63, 3.8) is 0 Å². The summed E-state index contributed by atoms with van der Waals surface area (Å²) in [5.74, 6) is 0. The molecular weight excluding hydrogens is 205 g/mol. The van der Waals surface area contributed by atoms with Crippen LogP contribution in [0.4, 0.5) is 0 Å². The lowest BCUT2D eigenvalue weighted by atomic mass is 10.3. The second-order valence-corrected chi connectivity index (χ2v) is 4.04. The maximum absolute atomic E-state index is 11.7. The molecule has 0 aliphatic rings. The fraction of sp³-hybridized carbons (Fsp3) is 0.875. The van der Waals surface area contributed by atoms with E-state index in [2.05, 4.69) is 0 Å². The predicted octanol–water partition coefficient (Wildman–Crippen LogP) is 2.49. The largest absolute Gasteiger partial charge is 0.476 e. The van der Waals surface area contributed by atoms with Gasteiger partial charge in [0, 0.05) is 0 Å². The van der Waals surface area contributed by atoms with Crippen LogP contribution in [0.3, 0.4) is 0 Å². The maximum Gasteiger partial charge on any atom is 0.476 e. The molecule has 6 heteroatoms. The van der Waals surface area contributed by atoms with Gasteiger partial charge in [0.2, 0.25) is 0 Å². The number of phosphoric acid groups is 1. The van der Waals surface area contributed by atoms with Crippen LogP contribution >= 0.6 is 7.82 Å². The van der Waals surface area contributed by atoms with Gasteiger partial charge in [-0.2, -0.15) is 5.26 Å². The van der Waals surface area contributed by atoms with Gasteiger partial charge in [-0.05, 0) is 20.3 Å². The standard InChI is InChI=1S/C8H16NO4P/c1-4-8(7-9)13-14(10,11-5-2)12-6-3/h8H,4-6H2,1-3H3. The molecular formula is C8H16NO4P. The molecule has 0 saturated heterocycles. The van der Waals surface area contributed by atoms with Gasteiger partial charge in [-0.25, -0.2) is 4.57 Å². The second kappa shape index (κ2) is 6.97. The summed E-state index contributed by atoms with van der Waals surface area (Å²) in [5, 5.41) is 8.62. The topological polar surface area (TPSA) is 68.6 Å². The molecule has 1 atom stereocenters. The molecule has 0 aromatic rings. The van der Waals surface area contributed by atoms with Gasteiger partial charge in [-0.15, -0.1) is 0 Å². The van der Waals surface area contributed by atoms with Crippen molar-refractivity contribution in [2.75, 3.05) is 13.2 Å². The zero-order valence-corrected chi connectivity index (χ0v) is 9.62. The Balaban J connectivity index is 4.36. The van der Waals surface area contributed by atoms with Gasteiger partial charge < -0.3 is 0 Å². The highest BCUT2D eigenvalue weighted by molar-refractivity contribution is 7.48. The van der Waals surface area contributed by atoms with Crippen LogP contribution in [0.25, 0.3) is 0 Å². The van der Waals surface area contributed by atoms with Crippen molar-refractivity contribution in [3.05, 3.63) is 0 Å². The van der Waals surface area contributed by atoms with Crippen molar-refractivity contribution in [3.8, 4) is 6.07 Å². The first-order valence-electron chi connectivity index (χ1n) is 4.59. The van der Waals surface area contributed by atoms with Crippen LogP contribution in [0.2, 0.25) is 0 Å². The Hall–Kier alpha value is -0.400. The molecule has 0 aliphatic carbocycles. The highest BCUT2D eigenvalue weighted by atomic mass is 31.2. The number of nitriles is 1. The van der Waals surface area contributed by atoms with E-state index in [-0.39, 0.29) is 13.2 Å². The summed E-state index contributed by atoms with van der Waals surface area (Å²) in [5.41, 5.74) is 0. The lowest BCUT2D eigenvalue weighted by Gasteiger charge is -2.18. The SMILES string of the molecule is CCOP(=O)(OCC)OC(C#N)CC.